The number of benzene rings is 1. The van der Waals surface area contributed by atoms with Crippen LogP contribution in [0.15, 0.2) is 34.5 Å². The van der Waals surface area contributed by atoms with Crippen molar-refractivity contribution < 1.29 is 22.7 Å². The molecule has 0 radical (unpaired) electrons. The number of nitrogens with two attached hydrogens (primary N) is 1. The van der Waals surface area contributed by atoms with Crippen LogP contribution in [0.4, 0.5) is 0 Å². The lowest BCUT2D eigenvalue weighted by atomic mass is 9.94. The summed E-state index contributed by atoms with van der Waals surface area (Å²) >= 11 is 1.01. The quantitative estimate of drug-likeness (QED) is 0.787. The van der Waals surface area contributed by atoms with Crippen LogP contribution in [-0.2, 0) is 38.9 Å². The SMILES string of the molecule is COC(=O)c1cccc2c1CCN(C(=O)Cc1ccc(S(N)(=O)=O)s1)C2. The standard InChI is InChI=1S/C17H18N2O5S2/c1-24-17(21)14-4-2-3-11-10-19(8-7-13(11)14)15(20)9-12-5-6-16(25-12)26(18,22)23/h2-6H,7-10H2,1H3,(H2,18,22,23). The van der Waals surface area contributed by atoms with Gasteiger partial charge < -0.3 is 9.64 Å². The first-order valence-corrected chi connectivity index (χ1v) is 10.2. The number of carbonyl (C=O) groups excluding carboxylic acids is 2. The van der Waals surface area contributed by atoms with E-state index in [-0.39, 0.29) is 22.5 Å². The molecular weight excluding hydrogens is 376 g/mol. The van der Waals surface area contributed by atoms with Gasteiger partial charge in [-0.15, -0.1) is 11.3 Å². The molecule has 1 amide bonds. The zero-order chi connectivity index (χ0) is 18.9. The molecule has 2 N–H and O–H groups in total. The zero-order valence-electron chi connectivity index (χ0n) is 14.1. The van der Waals surface area contributed by atoms with Crippen molar-refractivity contribution in [1.82, 2.24) is 4.90 Å². The van der Waals surface area contributed by atoms with Crippen LogP contribution < -0.4 is 5.14 Å². The summed E-state index contributed by atoms with van der Waals surface area (Å²) in [5.41, 5.74) is 2.37. The second-order valence-electron chi connectivity index (χ2n) is 5.94. The molecule has 0 spiro atoms. The number of fused-ring (bicyclic) bond motifs is 1. The number of sulfonamides is 1. The molecule has 7 nitrogen and oxygen atoms in total. The molecule has 1 aromatic heterocycles. The predicted molar refractivity (Wildman–Crippen MR) is 96.3 cm³/mol. The molecule has 0 fully saturated rings. The maximum Gasteiger partial charge on any atom is 0.338 e. The number of methoxy groups -OCH3 is 1. The average Bonchev–Trinajstić information content (AvgIpc) is 3.09. The van der Waals surface area contributed by atoms with Gasteiger partial charge in [0.15, 0.2) is 0 Å². The Balaban J connectivity index is 1.74. The van der Waals surface area contributed by atoms with E-state index >= 15 is 0 Å². The van der Waals surface area contributed by atoms with Crippen molar-refractivity contribution in [2.24, 2.45) is 5.14 Å². The molecule has 138 valence electrons. The Morgan fingerprint density at radius 3 is 2.69 bits per heavy atom. The summed E-state index contributed by atoms with van der Waals surface area (Å²) in [6.07, 6.45) is 0.686. The van der Waals surface area contributed by atoms with Crippen LogP contribution >= 0.6 is 11.3 Å². The molecule has 26 heavy (non-hydrogen) atoms. The maximum absolute atomic E-state index is 12.6. The third-order valence-electron chi connectivity index (χ3n) is 4.27. The molecule has 0 saturated carbocycles. The minimum atomic E-state index is -3.75. The summed E-state index contributed by atoms with van der Waals surface area (Å²) in [5.74, 6) is -0.474. The van der Waals surface area contributed by atoms with Crippen molar-refractivity contribution in [1.29, 1.82) is 0 Å². The van der Waals surface area contributed by atoms with Crippen LogP contribution in [0.2, 0.25) is 0 Å². The lowest BCUT2D eigenvalue weighted by Crippen LogP contribution is -2.37. The van der Waals surface area contributed by atoms with Crippen LogP contribution in [0.3, 0.4) is 0 Å². The molecule has 0 aliphatic carbocycles. The number of carbonyl (C=O) groups is 2. The Kier molecular flexibility index (Phi) is 5.12. The number of thiophene rings is 1. The first-order chi connectivity index (χ1) is 12.3. The van der Waals surface area contributed by atoms with E-state index in [0.717, 1.165) is 22.5 Å². The largest absolute Gasteiger partial charge is 0.465 e. The molecule has 2 heterocycles. The van der Waals surface area contributed by atoms with E-state index in [2.05, 4.69) is 0 Å². The normalized spacial score (nSPS) is 14.0. The number of primary sulfonamides is 1. The third-order valence-corrected chi connectivity index (χ3v) is 6.79. The Bertz CT molecular complexity index is 965. The molecule has 1 aliphatic rings. The number of hydrogen-bond donors (Lipinski definition) is 1. The van der Waals surface area contributed by atoms with E-state index in [1.807, 2.05) is 6.07 Å². The Morgan fingerprint density at radius 1 is 1.27 bits per heavy atom. The summed E-state index contributed by atoms with van der Waals surface area (Å²) < 4.78 is 27.5. The lowest BCUT2D eigenvalue weighted by Gasteiger charge is -2.29. The van der Waals surface area contributed by atoms with Gasteiger partial charge in [-0.05, 0) is 35.7 Å². The molecule has 0 atom stereocenters. The number of amides is 1. The van der Waals surface area contributed by atoms with Crippen molar-refractivity contribution in [2.45, 2.75) is 23.6 Å². The van der Waals surface area contributed by atoms with E-state index < -0.39 is 10.0 Å². The van der Waals surface area contributed by atoms with Crippen LogP contribution in [0.1, 0.15) is 26.4 Å². The van der Waals surface area contributed by atoms with Crippen molar-refractivity contribution in [3.8, 4) is 0 Å². The lowest BCUT2D eigenvalue weighted by molar-refractivity contribution is -0.131. The fourth-order valence-corrected chi connectivity index (χ4v) is 4.76. The predicted octanol–water partition coefficient (Wildman–Crippen LogP) is 1.31. The molecule has 0 bridgehead atoms. The van der Waals surface area contributed by atoms with Gasteiger partial charge in [0.2, 0.25) is 15.9 Å². The van der Waals surface area contributed by atoms with E-state index in [1.165, 1.54) is 13.2 Å². The monoisotopic (exact) mass is 394 g/mol. The second kappa shape index (κ2) is 7.18. The summed E-state index contributed by atoms with van der Waals surface area (Å²) in [5, 5.41) is 5.10. The van der Waals surface area contributed by atoms with E-state index in [9.17, 15) is 18.0 Å². The first-order valence-electron chi connectivity index (χ1n) is 7.88. The van der Waals surface area contributed by atoms with Crippen LogP contribution in [0.5, 0.6) is 0 Å². The number of esters is 1. The topological polar surface area (TPSA) is 107 Å². The van der Waals surface area contributed by atoms with Gasteiger partial charge in [-0.2, -0.15) is 0 Å². The van der Waals surface area contributed by atoms with Gasteiger partial charge in [0.25, 0.3) is 0 Å². The van der Waals surface area contributed by atoms with Gasteiger partial charge in [0.05, 0.1) is 19.1 Å². The molecule has 2 aromatic rings. The maximum atomic E-state index is 12.6. The van der Waals surface area contributed by atoms with Crippen LogP contribution in [0, 0.1) is 0 Å². The molecule has 1 aromatic carbocycles. The third kappa shape index (κ3) is 3.79. The van der Waals surface area contributed by atoms with Crippen molar-refractivity contribution in [3.05, 3.63) is 51.9 Å². The fraction of sp³-hybridized carbons (Fsp3) is 0.294. The number of hydrogen-bond acceptors (Lipinski definition) is 6. The van der Waals surface area contributed by atoms with Gasteiger partial charge in [-0.1, -0.05) is 12.1 Å². The van der Waals surface area contributed by atoms with Crippen molar-refractivity contribution in [2.75, 3.05) is 13.7 Å². The van der Waals surface area contributed by atoms with Gasteiger partial charge >= 0.3 is 5.97 Å². The van der Waals surface area contributed by atoms with Gasteiger partial charge in [-0.25, -0.2) is 18.4 Å². The smallest absolute Gasteiger partial charge is 0.338 e. The number of rotatable bonds is 4. The molecule has 1 aliphatic heterocycles. The fourth-order valence-electron chi connectivity index (χ4n) is 2.99. The van der Waals surface area contributed by atoms with Crippen LogP contribution in [0.25, 0.3) is 0 Å². The van der Waals surface area contributed by atoms with Crippen molar-refractivity contribution >= 4 is 33.2 Å². The number of ether oxygens (including phenoxy) is 1. The van der Waals surface area contributed by atoms with Gasteiger partial charge in [-0.3, -0.25) is 4.79 Å². The number of nitrogens with zero attached hydrogens (tertiary/aromatic N) is 1. The van der Waals surface area contributed by atoms with E-state index in [1.54, 1.807) is 23.1 Å². The van der Waals surface area contributed by atoms with Crippen LogP contribution in [-0.4, -0.2) is 38.8 Å². The van der Waals surface area contributed by atoms with Gasteiger partial charge in [0.1, 0.15) is 4.21 Å². The molecule has 9 heteroatoms. The first kappa shape index (κ1) is 18.6. The Hall–Kier alpha value is -2.23. The highest BCUT2D eigenvalue weighted by molar-refractivity contribution is 7.91. The average molecular weight is 394 g/mol. The van der Waals surface area contributed by atoms with Crippen molar-refractivity contribution in [3.63, 3.8) is 0 Å². The summed E-state index contributed by atoms with van der Waals surface area (Å²) in [4.78, 5) is 26.8. The summed E-state index contributed by atoms with van der Waals surface area (Å²) in [6.45, 7) is 0.902. The highest BCUT2D eigenvalue weighted by Crippen LogP contribution is 2.25. The molecule has 3 rings (SSSR count). The zero-order valence-corrected chi connectivity index (χ0v) is 15.7. The highest BCUT2D eigenvalue weighted by Gasteiger charge is 2.25. The van der Waals surface area contributed by atoms with Gasteiger partial charge in [0, 0.05) is 18.0 Å². The second-order valence-corrected chi connectivity index (χ2v) is 8.90. The molecule has 0 saturated heterocycles. The van der Waals surface area contributed by atoms with E-state index in [4.69, 9.17) is 9.88 Å². The minimum Gasteiger partial charge on any atom is -0.465 e. The molecule has 0 unspecified atom stereocenters. The Labute approximate surface area is 155 Å². The minimum absolute atomic E-state index is 0.0482. The van der Waals surface area contributed by atoms with E-state index in [0.29, 0.717) is 30.0 Å². The Morgan fingerprint density at radius 2 is 2.04 bits per heavy atom. The summed E-state index contributed by atoms with van der Waals surface area (Å²) in [7, 11) is -2.40. The highest BCUT2D eigenvalue weighted by atomic mass is 32.2. The molecular formula is C17H18N2O5S2. The summed E-state index contributed by atoms with van der Waals surface area (Å²) in [6, 6.07) is 8.41.